The maximum absolute atomic E-state index is 16.5. The van der Waals surface area contributed by atoms with Crippen LogP contribution in [0.3, 0.4) is 0 Å². The number of fused-ring (bicyclic) bond motifs is 4. The summed E-state index contributed by atoms with van der Waals surface area (Å²) in [5.74, 6) is 9.01. The predicted molar refractivity (Wildman–Crippen MR) is 281 cm³/mol. The summed E-state index contributed by atoms with van der Waals surface area (Å²) in [5, 5.41) is 42.2. The highest BCUT2D eigenvalue weighted by atomic mass is 33.1. The highest BCUT2D eigenvalue weighted by molar-refractivity contribution is 8.76. The van der Waals surface area contributed by atoms with Crippen molar-refractivity contribution in [1.29, 1.82) is 0 Å². The van der Waals surface area contributed by atoms with Gasteiger partial charge in [0.15, 0.2) is 5.72 Å². The van der Waals surface area contributed by atoms with E-state index in [1.54, 1.807) is 6.08 Å². The van der Waals surface area contributed by atoms with E-state index in [4.69, 9.17) is 9.47 Å². The topological polar surface area (TPSA) is 137 Å². The maximum Gasteiger partial charge on any atom is 0.331 e. The number of carbonyl (C=O) groups excluding carboxylic acids is 2. The Morgan fingerprint density at radius 3 is 2.24 bits per heavy atom. The van der Waals surface area contributed by atoms with Crippen LogP contribution >= 0.6 is 21.6 Å². The van der Waals surface area contributed by atoms with Gasteiger partial charge in [-0.1, -0.05) is 115 Å². The summed E-state index contributed by atoms with van der Waals surface area (Å²) in [6, 6.07) is 21.6. The lowest BCUT2D eigenvalue weighted by molar-refractivity contribution is -0.364. The molecule has 4 heterocycles. The second kappa shape index (κ2) is 19.4. The molecule has 9 aliphatic rings. The Balaban J connectivity index is 1.10. The molecule has 9 nitrogen and oxygen atoms in total. The largest absolute Gasteiger partial charge is 0.458 e. The lowest BCUT2D eigenvalue weighted by Gasteiger charge is -2.73. The first kappa shape index (κ1) is 50.3. The zero-order valence-corrected chi connectivity index (χ0v) is 44.2. The average molecular weight is 1010 g/mol. The van der Waals surface area contributed by atoms with Crippen LogP contribution in [0.2, 0.25) is 0 Å². The van der Waals surface area contributed by atoms with Crippen LogP contribution in [0.25, 0.3) is 0 Å². The molecule has 4 bridgehead atoms. The second-order valence-electron chi connectivity index (χ2n) is 25.3. The number of cyclic esters (lactones) is 1. The van der Waals surface area contributed by atoms with Gasteiger partial charge in [0.2, 0.25) is 0 Å². The first-order valence-corrected chi connectivity index (χ1v) is 30.2. The fourth-order valence-electron chi connectivity index (χ4n) is 17.9. The Bertz CT molecular complexity index is 2390. The van der Waals surface area contributed by atoms with Crippen molar-refractivity contribution in [2.45, 2.75) is 179 Å². The Morgan fingerprint density at radius 2 is 1.52 bits per heavy atom. The number of rotatable bonds is 7. The van der Waals surface area contributed by atoms with E-state index in [9.17, 15) is 20.1 Å². The van der Waals surface area contributed by atoms with Crippen LogP contribution in [0.5, 0.6) is 0 Å². The van der Waals surface area contributed by atoms with E-state index >= 15 is 4.79 Å². The molecule has 5 saturated carbocycles. The van der Waals surface area contributed by atoms with E-state index in [2.05, 4.69) is 97.2 Å². The minimum absolute atomic E-state index is 0.00269. The zero-order chi connectivity index (χ0) is 49.3. The molecule has 384 valence electrons. The quantitative estimate of drug-likeness (QED) is 0.103. The predicted octanol–water partition coefficient (Wildman–Crippen LogP) is 10.3. The van der Waals surface area contributed by atoms with Crippen LogP contribution in [-0.2, 0) is 31.9 Å². The summed E-state index contributed by atoms with van der Waals surface area (Å²) in [4.78, 5) is 29.1. The molecule has 11 heteroatoms. The molecule has 5 aliphatic carbocycles. The first-order chi connectivity index (χ1) is 34.1. The van der Waals surface area contributed by atoms with Crippen LogP contribution < -0.4 is 10.9 Å². The molecule has 4 aliphatic heterocycles. The maximum atomic E-state index is 16.5. The molecule has 5 N–H and O–H groups in total. The third-order valence-electron chi connectivity index (χ3n) is 21.1. The Labute approximate surface area is 431 Å². The molecule has 71 heavy (non-hydrogen) atoms. The molecule has 7 fully saturated rings. The SMILES string of the molecule is CC1CCC(O)C23C(O)CCC4(C)C5CC6(CCCC6)CC5NNC5(CC(C)(C#CCC6(CC(Cc7ccccc7)CCC6CSSCC(Cc6ccccc6)C1)C(=O)O5)C2(O)CCC1=CC(=O)OC1)C43. The van der Waals surface area contributed by atoms with Gasteiger partial charge < -0.3 is 24.8 Å². The molecule has 15 unspecified atom stereocenters. The van der Waals surface area contributed by atoms with Crippen LogP contribution in [-0.4, -0.2) is 74.9 Å². The van der Waals surface area contributed by atoms with Crippen molar-refractivity contribution < 1.29 is 34.4 Å². The second-order valence-corrected chi connectivity index (χ2v) is 27.9. The number of ether oxygens (including phenoxy) is 2. The lowest BCUT2D eigenvalue weighted by atomic mass is 9.34. The van der Waals surface area contributed by atoms with E-state index in [1.165, 1.54) is 36.8 Å². The van der Waals surface area contributed by atoms with Gasteiger partial charge in [0.05, 0.1) is 34.1 Å². The van der Waals surface area contributed by atoms with Crippen molar-refractivity contribution in [3.8, 4) is 11.8 Å². The number of hydrogen-bond donors (Lipinski definition) is 5. The molecule has 0 aromatic heterocycles. The Morgan fingerprint density at radius 1 is 0.817 bits per heavy atom. The minimum atomic E-state index is -1.79. The number of aliphatic hydroxyl groups excluding tert-OH is 2. The number of nitrogens with one attached hydrogen (secondary N) is 2. The number of benzene rings is 2. The van der Waals surface area contributed by atoms with Crippen molar-refractivity contribution in [3.63, 3.8) is 0 Å². The van der Waals surface area contributed by atoms with Crippen LogP contribution in [0.1, 0.15) is 147 Å². The summed E-state index contributed by atoms with van der Waals surface area (Å²) in [7, 11) is 3.86. The monoisotopic (exact) mass is 1000 g/mol. The smallest absolute Gasteiger partial charge is 0.331 e. The van der Waals surface area contributed by atoms with Crippen molar-refractivity contribution in [2.24, 2.45) is 62.6 Å². The third kappa shape index (κ3) is 8.60. The molecule has 2 aromatic rings. The van der Waals surface area contributed by atoms with Gasteiger partial charge in [-0.3, -0.25) is 10.2 Å². The minimum Gasteiger partial charge on any atom is -0.458 e. The summed E-state index contributed by atoms with van der Waals surface area (Å²) >= 11 is 0. The van der Waals surface area contributed by atoms with Gasteiger partial charge in [0.1, 0.15) is 6.61 Å². The van der Waals surface area contributed by atoms with Crippen molar-refractivity contribution in [3.05, 3.63) is 83.4 Å². The number of hydrogen-bond acceptors (Lipinski definition) is 11. The molecule has 2 aromatic carbocycles. The fraction of sp³-hybridized carbons (Fsp3) is 0.700. The molecular weight excluding hydrogens is 925 g/mol. The molecular formula is C60H80N2O7S2. The summed E-state index contributed by atoms with van der Waals surface area (Å²) < 4.78 is 13.2. The summed E-state index contributed by atoms with van der Waals surface area (Å²) in [6.07, 6.45) is 14.6. The fourth-order valence-corrected chi connectivity index (χ4v) is 20.8. The number of carbonyl (C=O) groups is 2. The number of aliphatic hydroxyl groups is 3. The van der Waals surface area contributed by atoms with Gasteiger partial charge in [-0.2, -0.15) is 0 Å². The molecule has 2 saturated heterocycles. The highest BCUT2D eigenvalue weighted by Crippen LogP contribution is 2.76. The summed E-state index contributed by atoms with van der Waals surface area (Å²) in [5.41, 5.74) is 3.84. The van der Waals surface area contributed by atoms with Gasteiger partial charge in [0.25, 0.3) is 0 Å². The number of esters is 2. The molecule has 3 spiro atoms. The summed E-state index contributed by atoms with van der Waals surface area (Å²) in [6.45, 7) is 6.88. The molecule has 11 rings (SSSR count). The lowest BCUT2D eigenvalue weighted by Crippen LogP contribution is -2.84. The molecule has 0 radical (unpaired) electrons. The van der Waals surface area contributed by atoms with Crippen molar-refractivity contribution >= 4 is 33.5 Å². The molecule has 0 amide bonds. The first-order valence-electron chi connectivity index (χ1n) is 27.7. The van der Waals surface area contributed by atoms with Crippen LogP contribution in [0.4, 0.5) is 0 Å². The van der Waals surface area contributed by atoms with Gasteiger partial charge in [-0.15, -0.1) is 5.92 Å². The standard InChI is InChI=1S/C60H80N2O7S2/c1-40-17-20-49(63)60-50(64)22-27-55(3)47-34-56(24-10-11-25-56)35-48(47)61-62-58(52(55)60)39-54(2,59(60,67)28-21-44-32-51(65)68-36-44)23-12-26-57(53(66)69-58)33-43(30-41-13-6-4-7-14-41)18-19-46(57)38-71-70-37-45(29-40)31-42-15-8-5-9-16-42/h4-9,13-16,32,40,43,45-50,52,61-64,67H,10-11,17-22,24-31,33-39H2,1-3H3. The third-order valence-corrected chi connectivity index (χ3v) is 23.7. The van der Waals surface area contributed by atoms with Crippen molar-refractivity contribution in [1.82, 2.24) is 10.9 Å². The van der Waals surface area contributed by atoms with Gasteiger partial charge in [-0.05, 0) is 167 Å². The highest BCUT2D eigenvalue weighted by Gasteiger charge is 2.83. The van der Waals surface area contributed by atoms with E-state index in [0.717, 1.165) is 62.0 Å². The van der Waals surface area contributed by atoms with E-state index in [0.29, 0.717) is 50.9 Å². The van der Waals surface area contributed by atoms with Crippen LogP contribution in [0, 0.1) is 74.4 Å². The van der Waals surface area contributed by atoms with Gasteiger partial charge >= 0.3 is 11.9 Å². The zero-order valence-electron chi connectivity index (χ0n) is 42.6. The average Bonchev–Trinajstić information content (AvgIpc) is 4.10. The van der Waals surface area contributed by atoms with E-state index < -0.39 is 51.1 Å². The normalized spacial score (nSPS) is 44.1. The van der Waals surface area contributed by atoms with Gasteiger partial charge in [-0.25, -0.2) is 10.2 Å². The molecule has 15 atom stereocenters. The number of hydrazine groups is 1. The van der Waals surface area contributed by atoms with Crippen molar-refractivity contribution in [2.75, 3.05) is 18.1 Å². The van der Waals surface area contributed by atoms with Gasteiger partial charge in [0, 0.05) is 42.4 Å². The Kier molecular flexibility index (Phi) is 13.7. The van der Waals surface area contributed by atoms with E-state index in [1.807, 2.05) is 28.5 Å². The van der Waals surface area contributed by atoms with E-state index in [-0.39, 0.29) is 66.5 Å². The van der Waals surface area contributed by atoms with Crippen LogP contribution in [0.15, 0.2) is 72.3 Å². The Hall–Kier alpha value is -2.82.